The highest BCUT2D eigenvalue weighted by molar-refractivity contribution is 5.93. The van der Waals surface area contributed by atoms with E-state index in [-0.39, 0.29) is 29.5 Å². The monoisotopic (exact) mass is 334 g/mol. The summed E-state index contributed by atoms with van der Waals surface area (Å²) in [4.78, 5) is 52.2. The fourth-order valence-electron chi connectivity index (χ4n) is 3.67. The number of aromatic nitrogens is 2. The second kappa shape index (κ2) is 5.92. The van der Waals surface area contributed by atoms with E-state index in [9.17, 15) is 19.2 Å². The molecule has 0 N–H and O–H groups in total. The Morgan fingerprint density at radius 1 is 1.04 bits per heavy atom. The van der Waals surface area contributed by atoms with Gasteiger partial charge in [0.15, 0.2) is 0 Å². The van der Waals surface area contributed by atoms with Crippen molar-refractivity contribution in [1.29, 1.82) is 0 Å². The Labute approximate surface area is 139 Å². The third-order valence-electron chi connectivity index (χ3n) is 5.16. The summed E-state index contributed by atoms with van der Waals surface area (Å²) in [6.07, 6.45) is 1.81. The summed E-state index contributed by atoms with van der Waals surface area (Å²) in [5.41, 5.74) is -0.909. The summed E-state index contributed by atoms with van der Waals surface area (Å²) in [6, 6.07) is 1.14. The van der Waals surface area contributed by atoms with Crippen molar-refractivity contribution >= 4 is 11.8 Å². The molecule has 3 fully saturated rings. The van der Waals surface area contributed by atoms with E-state index >= 15 is 0 Å². The van der Waals surface area contributed by atoms with Gasteiger partial charge in [0.25, 0.3) is 11.5 Å². The first kappa shape index (κ1) is 16.5. The van der Waals surface area contributed by atoms with Gasteiger partial charge in [-0.25, -0.2) is 4.79 Å². The molecule has 3 aliphatic rings. The van der Waals surface area contributed by atoms with E-state index in [4.69, 9.17) is 0 Å². The van der Waals surface area contributed by atoms with Crippen LogP contribution < -0.4 is 11.2 Å². The number of carbonyl (C=O) groups is 2. The fourth-order valence-corrected chi connectivity index (χ4v) is 3.67. The molecule has 0 saturated carbocycles. The van der Waals surface area contributed by atoms with E-state index in [1.54, 1.807) is 16.7 Å². The van der Waals surface area contributed by atoms with Crippen molar-refractivity contribution in [3.8, 4) is 0 Å². The van der Waals surface area contributed by atoms with Gasteiger partial charge in [0.05, 0.1) is 0 Å². The summed E-state index contributed by atoms with van der Waals surface area (Å²) >= 11 is 0. The van der Waals surface area contributed by atoms with E-state index in [0.717, 1.165) is 17.4 Å². The molecule has 2 bridgehead atoms. The van der Waals surface area contributed by atoms with Crippen LogP contribution >= 0.6 is 0 Å². The highest BCUT2D eigenvalue weighted by Gasteiger charge is 2.38. The molecular weight excluding hydrogens is 312 g/mol. The minimum atomic E-state index is -0.517. The van der Waals surface area contributed by atoms with Gasteiger partial charge in [-0.15, -0.1) is 0 Å². The van der Waals surface area contributed by atoms with Gasteiger partial charge in [0, 0.05) is 52.8 Å². The van der Waals surface area contributed by atoms with Gasteiger partial charge in [-0.05, 0) is 18.8 Å². The van der Waals surface area contributed by atoms with Crippen molar-refractivity contribution in [2.24, 2.45) is 20.0 Å². The van der Waals surface area contributed by atoms with E-state index in [1.807, 2.05) is 0 Å². The number of rotatable bonds is 1. The molecule has 2 amide bonds. The van der Waals surface area contributed by atoms with Crippen LogP contribution in [0, 0.1) is 5.92 Å². The van der Waals surface area contributed by atoms with Crippen LogP contribution in [-0.4, -0.2) is 56.4 Å². The number of amides is 2. The highest BCUT2D eigenvalue weighted by Crippen LogP contribution is 2.29. The minimum Gasteiger partial charge on any atom is -0.341 e. The second-order valence-corrected chi connectivity index (χ2v) is 6.75. The lowest BCUT2D eigenvalue weighted by molar-refractivity contribution is -0.129. The van der Waals surface area contributed by atoms with E-state index in [1.165, 1.54) is 24.7 Å². The smallest absolute Gasteiger partial charge is 0.331 e. The molecule has 3 aliphatic heterocycles. The van der Waals surface area contributed by atoms with Crippen molar-refractivity contribution in [2.45, 2.75) is 25.8 Å². The van der Waals surface area contributed by atoms with Gasteiger partial charge in [0.2, 0.25) is 5.91 Å². The zero-order chi connectivity index (χ0) is 17.6. The van der Waals surface area contributed by atoms with Crippen LogP contribution in [0.5, 0.6) is 0 Å². The number of fused-ring (bicyclic) bond motifs is 4. The molecule has 8 nitrogen and oxygen atoms in total. The zero-order valence-corrected chi connectivity index (χ0v) is 14.2. The molecule has 24 heavy (non-hydrogen) atoms. The van der Waals surface area contributed by atoms with Crippen LogP contribution in [0.4, 0.5) is 0 Å². The molecule has 0 radical (unpaired) electrons. The number of hydrogen-bond donors (Lipinski definition) is 0. The molecular formula is C16H22N4O4. The molecule has 1 aromatic rings. The SMILES string of the molecule is CC(=O)N1C[C@H]2CC[C@@H](C1)N(C(=O)c1cc(=O)n(C)c(=O)n1C)C2. The van der Waals surface area contributed by atoms with Crippen LogP contribution in [-0.2, 0) is 18.9 Å². The van der Waals surface area contributed by atoms with E-state index in [0.29, 0.717) is 19.6 Å². The molecule has 4 rings (SSSR count). The van der Waals surface area contributed by atoms with Crippen LogP contribution in [0.15, 0.2) is 15.7 Å². The maximum Gasteiger partial charge on any atom is 0.331 e. The topological polar surface area (TPSA) is 84.6 Å². The van der Waals surface area contributed by atoms with Gasteiger partial charge in [0.1, 0.15) is 5.69 Å². The van der Waals surface area contributed by atoms with E-state index < -0.39 is 11.2 Å². The minimum absolute atomic E-state index is 0.0159. The average Bonchev–Trinajstić information content (AvgIpc) is 2.87. The summed E-state index contributed by atoms with van der Waals surface area (Å²) < 4.78 is 2.19. The first-order chi connectivity index (χ1) is 11.3. The Morgan fingerprint density at radius 3 is 2.42 bits per heavy atom. The Bertz CT molecular complexity index is 809. The molecule has 2 atom stereocenters. The third-order valence-corrected chi connectivity index (χ3v) is 5.16. The van der Waals surface area contributed by atoms with Gasteiger partial charge in [-0.3, -0.25) is 23.5 Å². The molecule has 0 unspecified atom stereocenters. The number of piperidine rings is 1. The van der Waals surface area contributed by atoms with Crippen LogP contribution in [0.25, 0.3) is 0 Å². The molecule has 4 heterocycles. The Morgan fingerprint density at radius 2 is 1.75 bits per heavy atom. The molecule has 0 aromatic carbocycles. The number of carbonyl (C=O) groups excluding carboxylic acids is 2. The predicted molar refractivity (Wildman–Crippen MR) is 86.7 cm³/mol. The Balaban J connectivity index is 1.96. The van der Waals surface area contributed by atoms with Crippen LogP contribution in [0.2, 0.25) is 0 Å². The van der Waals surface area contributed by atoms with Gasteiger partial charge in [-0.1, -0.05) is 0 Å². The lowest BCUT2D eigenvalue weighted by atomic mass is 9.94. The van der Waals surface area contributed by atoms with Crippen LogP contribution in [0.3, 0.4) is 0 Å². The van der Waals surface area contributed by atoms with Crippen molar-refractivity contribution in [2.75, 3.05) is 19.6 Å². The van der Waals surface area contributed by atoms with Crippen LogP contribution in [0.1, 0.15) is 30.3 Å². The standard InChI is InChI=1S/C16H22N4O4/c1-10(21)19-7-11-4-5-12(9-19)20(8-11)15(23)13-6-14(22)18(3)16(24)17(13)2/h6,11-12H,4-5,7-9H2,1-3H3/t11-,12+/m1/s1. The quantitative estimate of drug-likeness (QED) is 0.671. The fraction of sp³-hybridized carbons (Fsp3) is 0.625. The highest BCUT2D eigenvalue weighted by atomic mass is 16.2. The second-order valence-electron chi connectivity index (χ2n) is 6.75. The lowest BCUT2D eigenvalue weighted by Crippen LogP contribution is -2.50. The molecule has 8 heteroatoms. The summed E-state index contributed by atoms with van der Waals surface area (Å²) in [7, 11) is 2.88. The van der Waals surface area contributed by atoms with Gasteiger partial charge < -0.3 is 9.80 Å². The largest absolute Gasteiger partial charge is 0.341 e. The predicted octanol–water partition coefficient (Wildman–Crippen LogP) is -0.833. The summed E-state index contributed by atoms with van der Waals surface area (Å²) in [6.45, 7) is 3.26. The van der Waals surface area contributed by atoms with Crippen molar-refractivity contribution < 1.29 is 9.59 Å². The van der Waals surface area contributed by atoms with Crippen molar-refractivity contribution in [3.63, 3.8) is 0 Å². The molecule has 3 saturated heterocycles. The molecule has 130 valence electrons. The average molecular weight is 334 g/mol. The summed E-state index contributed by atoms with van der Waals surface area (Å²) in [5.74, 6) is -0.0604. The lowest BCUT2D eigenvalue weighted by Gasteiger charge is -2.36. The molecule has 1 aromatic heterocycles. The number of nitrogens with zero attached hydrogens (tertiary/aromatic N) is 4. The maximum atomic E-state index is 13.0. The normalized spacial score (nSPS) is 23.3. The maximum absolute atomic E-state index is 13.0. The number of hydrogen-bond acceptors (Lipinski definition) is 4. The van der Waals surface area contributed by atoms with E-state index in [2.05, 4.69) is 0 Å². The Hall–Kier alpha value is -2.38. The van der Waals surface area contributed by atoms with Gasteiger partial charge in [-0.2, -0.15) is 0 Å². The summed E-state index contributed by atoms with van der Waals surface area (Å²) in [5, 5.41) is 0. The zero-order valence-electron chi connectivity index (χ0n) is 14.2. The molecule has 0 spiro atoms. The third kappa shape index (κ3) is 2.65. The molecule has 0 aliphatic carbocycles. The van der Waals surface area contributed by atoms with Gasteiger partial charge >= 0.3 is 5.69 Å². The first-order valence-electron chi connectivity index (χ1n) is 8.13. The first-order valence-corrected chi connectivity index (χ1v) is 8.13. The Kier molecular flexibility index (Phi) is 4.06. The van der Waals surface area contributed by atoms with Crippen molar-refractivity contribution in [1.82, 2.24) is 18.9 Å². The van der Waals surface area contributed by atoms with Crippen molar-refractivity contribution in [3.05, 3.63) is 32.6 Å².